The van der Waals surface area contributed by atoms with Crippen LogP contribution in [-0.2, 0) is 11.3 Å². The van der Waals surface area contributed by atoms with Crippen LogP contribution < -0.4 is 10.2 Å². The number of aromatic nitrogens is 2. The maximum absolute atomic E-state index is 12.5. The first-order valence-electron chi connectivity index (χ1n) is 11.8. The molecule has 0 aliphatic carbocycles. The van der Waals surface area contributed by atoms with Crippen LogP contribution in [0.5, 0.6) is 0 Å². The number of β-amino-alcohol motifs (C(OH)–C–C–N with tert-alkyl or cyclic N) is 1. The Morgan fingerprint density at radius 1 is 1.26 bits per heavy atom. The van der Waals surface area contributed by atoms with Crippen LogP contribution in [0.4, 0.5) is 11.8 Å². The fourth-order valence-corrected chi connectivity index (χ4v) is 5.13. The summed E-state index contributed by atoms with van der Waals surface area (Å²) in [5.74, 6) is 1.76. The van der Waals surface area contributed by atoms with Gasteiger partial charge in [-0.2, -0.15) is 4.98 Å². The molecular formula is C24H31Cl2N5O3. The van der Waals surface area contributed by atoms with Gasteiger partial charge >= 0.3 is 5.97 Å². The summed E-state index contributed by atoms with van der Waals surface area (Å²) in [6.45, 7) is 7.25. The molecule has 4 rings (SSSR count). The van der Waals surface area contributed by atoms with Crippen molar-refractivity contribution in [1.29, 1.82) is 0 Å². The molecule has 2 aromatic rings. The zero-order chi connectivity index (χ0) is 24.1. The van der Waals surface area contributed by atoms with E-state index >= 15 is 0 Å². The number of halogens is 2. The SMILES string of the molecule is CCOC(=O)c1cnc(N2CC(C3CCCN(CCO)C3)C2)nc1NCc1ccc(Cl)cc1Cl. The van der Waals surface area contributed by atoms with Crippen LogP contribution >= 0.6 is 23.2 Å². The number of esters is 1. The van der Waals surface area contributed by atoms with Gasteiger partial charge in [0.25, 0.3) is 0 Å². The second-order valence-electron chi connectivity index (χ2n) is 8.83. The number of ether oxygens (including phenoxy) is 1. The van der Waals surface area contributed by atoms with Crippen LogP contribution in [0.15, 0.2) is 24.4 Å². The summed E-state index contributed by atoms with van der Waals surface area (Å²) >= 11 is 12.3. The Kier molecular flexibility index (Phi) is 8.47. The van der Waals surface area contributed by atoms with E-state index in [0.29, 0.717) is 45.8 Å². The second-order valence-corrected chi connectivity index (χ2v) is 9.68. The highest BCUT2D eigenvalue weighted by atomic mass is 35.5. The number of carbonyl (C=O) groups is 1. The average Bonchev–Trinajstić information content (AvgIpc) is 2.78. The molecule has 8 nitrogen and oxygen atoms in total. The average molecular weight is 508 g/mol. The topological polar surface area (TPSA) is 90.8 Å². The minimum atomic E-state index is -0.466. The van der Waals surface area contributed by atoms with Gasteiger partial charge in [0.05, 0.1) is 13.2 Å². The fourth-order valence-electron chi connectivity index (χ4n) is 4.66. The van der Waals surface area contributed by atoms with Gasteiger partial charge in [0, 0.05) is 49.0 Å². The Morgan fingerprint density at radius 3 is 2.82 bits per heavy atom. The third-order valence-corrected chi connectivity index (χ3v) is 7.14. The van der Waals surface area contributed by atoms with Crippen molar-refractivity contribution in [3.8, 4) is 0 Å². The third-order valence-electron chi connectivity index (χ3n) is 6.55. The molecule has 2 saturated heterocycles. The number of benzene rings is 1. The lowest BCUT2D eigenvalue weighted by Crippen LogP contribution is -2.54. The number of likely N-dealkylation sites (tertiary alicyclic amines) is 1. The van der Waals surface area contributed by atoms with E-state index in [4.69, 9.17) is 27.9 Å². The van der Waals surface area contributed by atoms with Gasteiger partial charge in [-0.1, -0.05) is 29.3 Å². The number of piperidine rings is 1. The molecule has 2 N–H and O–H groups in total. The molecule has 1 aromatic carbocycles. The molecule has 0 bridgehead atoms. The smallest absolute Gasteiger partial charge is 0.343 e. The summed E-state index contributed by atoms with van der Waals surface area (Å²) in [7, 11) is 0. The molecule has 1 unspecified atom stereocenters. The Balaban J connectivity index is 1.44. The van der Waals surface area contributed by atoms with E-state index < -0.39 is 5.97 Å². The van der Waals surface area contributed by atoms with Crippen molar-refractivity contribution in [2.75, 3.05) is 56.2 Å². The van der Waals surface area contributed by atoms with Crippen LogP contribution in [0.25, 0.3) is 0 Å². The number of anilines is 2. The molecule has 0 spiro atoms. The minimum absolute atomic E-state index is 0.209. The van der Waals surface area contributed by atoms with Gasteiger partial charge in [-0.25, -0.2) is 9.78 Å². The molecule has 2 fully saturated rings. The summed E-state index contributed by atoms with van der Waals surface area (Å²) in [4.78, 5) is 26.1. The van der Waals surface area contributed by atoms with Gasteiger partial charge in [0.15, 0.2) is 0 Å². The maximum atomic E-state index is 12.5. The first-order valence-corrected chi connectivity index (χ1v) is 12.5. The number of hydrogen-bond acceptors (Lipinski definition) is 8. The third kappa shape index (κ3) is 5.92. The first kappa shape index (κ1) is 25.0. The molecule has 0 amide bonds. The van der Waals surface area contributed by atoms with Crippen molar-refractivity contribution in [1.82, 2.24) is 14.9 Å². The standard InChI is InChI=1S/C24H31Cl2N5O3/c1-2-34-23(33)20-12-28-24(29-22(20)27-11-16-5-6-19(25)10-21(16)26)31-14-18(15-31)17-4-3-7-30(13-17)8-9-32/h5-6,10,12,17-18,32H,2-4,7-9,11,13-15H2,1H3,(H,27,28,29). The van der Waals surface area contributed by atoms with Gasteiger partial charge in [0.1, 0.15) is 11.4 Å². The molecule has 2 aliphatic rings. The summed E-state index contributed by atoms with van der Waals surface area (Å²) in [5.41, 5.74) is 1.13. The largest absolute Gasteiger partial charge is 0.462 e. The number of nitrogens with zero attached hydrogens (tertiary/aromatic N) is 4. The highest BCUT2D eigenvalue weighted by Crippen LogP contribution is 2.33. The number of aliphatic hydroxyl groups excluding tert-OH is 1. The van der Waals surface area contributed by atoms with Crippen molar-refractivity contribution in [2.45, 2.75) is 26.3 Å². The van der Waals surface area contributed by atoms with Crippen molar-refractivity contribution in [3.05, 3.63) is 45.6 Å². The molecule has 1 aromatic heterocycles. The molecule has 1 atom stereocenters. The fraction of sp³-hybridized carbons (Fsp3) is 0.542. The highest BCUT2D eigenvalue weighted by Gasteiger charge is 2.37. The summed E-state index contributed by atoms with van der Waals surface area (Å²) in [5, 5.41) is 13.6. The van der Waals surface area contributed by atoms with Gasteiger partial charge < -0.3 is 25.0 Å². The molecule has 10 heteroatoms. The summed E-state index contributed by atoms with van der Waals surface area (Å²) in [6.07, 6.45) is 3.92. The summed E-state index contributed by atoms with van der Waals surface area (Å²) in [6, 6.07) is 5.30. The van der Waals surface area contributed by atoms with Gasteiger partial charge in [0.2, 0.25) is 5.95 Å². The van der Waals surface area contributed by atoms with Crippen LogP contribution in [-0.4, -0.2) is 71.9 Å². The number of aliphatic hydroxyl groups is 1. The monoisotopic (exact) mass is 507 g/mol. The van der Waals surface area contributed by atoms with Crippen molar-refractivity contribution >= 4 is 40.9 Å². The molecule has 184 valence electrons. The molecule has 3 heterocycles. The van der Waals surface area contributed by atoms with Crippen molar-refractivity contribution < 1.29 is 14.6 Å². The lowest BCUT2D eigenvalue weighted by atomic mass is 9.81. The quantitative estimate of drug-likeness (QED) is 0.496. The number of rotatable bonds is 9. The first-order chi connectivity index (χ1) is 16.5. The maximum Gasteiger partial charge on any atom is 0.343 e. The van der Waals surface area contributed by atoms with E-state index in [1.54, 1.807) is 19.1 Å². The Hall–Kier alpha value is -2.13. The lowest BCUT2D eigenvalue weighted by molar-refractivity contribution is 0.0526. The van der Waals surface area contributed by atoms with Gasteiger partial charge in [-0.15, -0.1) is 0 Å². The zero-order valence-electron chi connectivity index (χ0n) is 19.3. The molecule has 34 heavy (non-hydrogen) atoms. The molecular weight excluding hydrogens is 477 g/mol. The van der Waals surface area contributed by atoms with E-state index in [-0.39, 0.29) is 13.2 Å². The van der Waals surface area contributed by atoms with Crippen molar-refractivity contribution in [3.63, 3.8) is 0 Å². The number of carbonyl (C=O) groups excluding carboxylic acids is 1. The Labute approximate surface area is 210 Å². The zero-order valence-corrected chi connectivity index (χ0v) is 20.9. The Bertz CT molecular complexity index is 1000. The number of nitrogens with one attached hydrogen (secondary N) is 1. The molecule has 2 aliphatic heterocycles. The molecule has 0 saturated carbocycles. The predicted octanol–water partition coefficient (Wildman–Crippen LogP) is 3.71. The van der Waals surface area contributed by atoms with Gasteiger partial charge in [-0.05, 0) is 55.8 Å². The molecule has 0 radical (unpaired) electrons. The van der Waals surface area contributed by atoms with E-state index in [9.17, 15) is 9.90 Å². The van der Waals surface area contributed by atoms with Crippen LogP contribution in [0.1, 0.15) is 35.7 Å². The van der Waals surface area contributed by atoms with Gasteiger partial charge in [-0.3, -0.25) is 0 Å². The van der Waals surface area contributed by atoms with Crippen molar-refractivity contribution in [2.24, 2.45) is 11.8 Å². The normalized spacial score (nSPS) is 19.1. The van der Waals surface area contributed by atoms with Crippen LogP contribution in [0.2, 0.25) is 10.0 Å². The second kappa shape index (κ2) is 11.5. The lowest BCUT2D eigenvalue weighted by Gasteiger charge is -2.46. The van der Waals surface area contributed by atoms with E-state index in [0.717, 1.165) is 38.3 Å². The minimum Gasteiger partial charge on any atom is -0.462 e. The highest BCUT2D eigenvalue weighted by molar-refractivity contribution is 6.35. The van der Waals surface area contributed by atoms with Crippen LogP contribution in [0, 0.1) is 11.8 Å². The predicted molar refractivity (Wildman–Crippen MR) is 134 cm³/mol. The Morgan fingerprint density at radius 2 is 2.09 bits per heavy atom. The number of hydrogen-bond donors (Lipinski definition) is 2. The summed E-state index contributed by atoms with van der Waals surface area (Å²) < 4.78 is 5.19. The van der Waals surface area contributed by atoms with E-state index in [1.807, 2.05) is 6.07 Å². The van der Waals surface area contributed by atoms with E-state index in [2.05, 4.69) is 25.1 Å². The van der Waals surface area contributed by atoms with E-state index in [1.165, 1.54) is 19.0 Å². The van der Waals surface area contributed by atoms with Crippen LogP contribution in [0.3, 0.4) is 0 Å².